The molecule has 0 saturated heterocycles. The standard InChI is InChI=1S/C23H20N2O2/c1-27-23(26)15-8-6-14(7-9-15)22-17-5-3-2-4-16(17)21-18-12-13-24-19(18)10-11-20(21)25-22/h6-13,24H,2-5H2,1H3. The number of hydrogen-bond acceptors (Lipinski definition) is 3. The van der Waals surface area contributed by atoms with Crippen LogP contribution in [0.25, 0.3) is 33.1 Å². The van der Waals surface area contributed by atoms with Gasteiger partial charge in [0.15, 0.2) is 0 Å². The maximum Gasteiger partial charge on any atom is 0.337 e. The first kappa shape index (κ1) is 16.1. The number of rotatable bonds is 2. The van der Waals surface area contributed by atoms with Crippen molar-refractivity contribution < 1.29 is 9.53 Å². The van der Waals surface area contributed by atoms with Crippen molar-refractivity contribution in [1.29, 1.82) is 0 Å². The lowest BCUT2D eigenvalue weighted by Crippen LogP contribution is -2.08. The number of methoxy groups -OCH3 is 1. The number of ether oxygens (including phenoxy) is 1. The van der Waals surface area contributed by atoms with Crippen LogP contribution in [0.1, 0.15) is 34.3 Å². The molecule has 27 heavy (non-hydrogen) atoms. The van der Waals surface area contributed by atoms with E-state index < -0.39 is 0 Å². The third-order valence-corrected chi connectivity index (χ3v) is 5.58. The molecule has 1 N–H and O–H groups in total. The molecule has 0 radical (unpaired) electrons. The Bertz CT molecular complexity index is 1170. The summed E-state index contributed by atoms with van der Waals surface area (Å²) in [7, 11) is 1.40. The van der Waals surface area contributed by atoms with Gasteiger partial charge in [0.2, 0.25) is 0 Å². The number of fused-ring (bicyclic) bond motifs is 5. The van der Waals surface area contributed by atoms with Crippen molar-refractivity contribution >= 4 is 27.8 Å². The summed E-state index contributed by atoms with van der Waals surface area (Å²) in [6.07, 6.45) is 6.54. The first-order chi connectivity index (χ1) is 13.3. The van der Waals surface area contributed by atoms with E-state index >= 15 is 0 Å². The summed E-state index contributed by atoms with van der Waals surface area (Å²) in [5.74, 6) is -0.315. The first-order valence-electron chi connectivity index (χ1n) is 9.36. The van der Waals surface area contributed by atoms with Gasteiger partial charge in [0.25, 0.3) is 0 Å². The van der Waals surface area contributed by atoms with Crippen molar-refractivity contribution in [2.24, 2.45) is 0 Å². The minimum Gasteiger partial charge on any atom is -0.465 e. The molecule has 1 aliphatic rings. The van der Waals surface area contributed by atoms with Crippen LogP contribution in [0, 0.1) is 0 Å². The van der Waals surface area contributed by atoms with Crippen molar-refractivity contribution in [1.82, 2.24) is 9.97 Å². The van der Waals surface area contributed by atoms with Crippen LogP contribution in [0.4, 0.5) is 0 Å². The molecule has 0 atom stereocenters. The van der Waals surface area contributed by atoms with E-state index in [2.05, 4.69) is 23.2 Å². The molecule has 134 valence electrons. The van der Waals surface area contributed by atoms with Gasteiger partial charge in [-0.2, -0.15) is 0 Å². The molecule has 1 aliphatic carbocycles. The second kappa shape index (κ2) is 6.23. The lowest BCUT2D eigenvalue weighted by atomic mass is 9.85. The highest BCUT2D eigenvalue weighted by atomic mass is 16.5. The van der Waals surface area contributed by atoms with Crippen LogP contribution >= 0.6 is 0 Å². The van der Waals surface area contributed by atoms with E-state index in [-0.39, 0.29) is 5.97 Å². The molecule has 0 aliphatic heterocycles. The highest BCUT2D eigenvalue weighted by molar-refractivity contribution is 6.08. The molecule has 4 nitrogen and oxygen atoms in total. The Hall–Kier alpha value is -3.14. The van der Waals surface area contributed by atoms with Gasteiger partial charge in [-0.3, -0.25) is 0 Å². The maximum atomic E-state index is 11.7. The van der Waals surface area contributed by atoms with Gasteiger partial charge in [-0.05, 0) is 67.1 Å². The topological polar surface area (TPSA) is 55.0 Å². The zero-order valence-corrected chi connectivity index (χ0v) is 15.2. The molecule has 0 unspecified atom stereocenters. The van der Waals surface area contributed by atoms with E-state index in [4.69, 9.17) is 9.72 Å². The fourth-order valence-electron chi connectivity index (χ4n) is 4.28. The molecule has 0 fully saturated rings. The molecule has 2 aromatic heterocycles. The highest BCUT2D eigenvalue weighted by Crippen LogP contribution is 2.38. The number of hydrogen-bond donors (Lipinski definition) is 1. The highest BCUT2D eigenvalue weighted by Gasteiger charge is 2.21. The third kappa shape index (κ3) is 2.52. The fourth-order valence-corrected chi connectivity index (χ4v) is 4.28. The van der Waals surface area contributed by atoms with E-state index in [0.29, 0.717) is 5.56 Å². The van der Waals surface area contributed by atoms with Crippen molar-refractivity contribution in [3.05, 3.63) is 65.4 Å². The fraction of sp³-hybridized carbons (Fsp3) is 0.217. The number of nitrogens with zero attached hydrogens (tertiary/aromatic N) is 1. The summed E-state index contributed by atoms with van der Waals surface area (Å²) >= 11 is 0. The van der Waals surface area contributed by atoms with Crippen LogP contribution in [0.3, 0.4) is 0 Å². The van der Waals surface area contributed by atoms with Gasteiger partial charge < -0.3 is 9.72 Å². The van der Waals surface area contributed by atoms with Gasteiger partial charge >= 0.3 is 5.97 Å². The molecule has 4 heteroatoms. The number of aromatic nitrogens is 2. The monoisotopic (exact) mass is 356 g/mol. The Morgan fingerprint density at radius 3 is 2.56 bits per heavy atom. The number of esters is 1. The van der Waals surface area contributed by atoms with E-state index in [1.54, 1.807) is 0 Å². The number of H-pyrrole nitrogens is 1. The van der Waals surface area contributed by atoms with Gasteiger partial charge in [0, 0.05) is 28.0 Å². The molecular weight excluding hydrogens is 336 g/mol. The van der Waals surface area contributed by atoms with E-state index in [1.165, 1.54) is 41.9 Å². The van der Waals surface area contributed by atoms with E-state index in [1.807, 2.05) is 30.5 Å². The summed E-state index contributed by atoms with van der Waals surface area (Å²) in [6, 6.07) is 13.9. The summed E-state index contributed by atoms with van der Waals surface area (Å²) in [6.45, 7) is 0. The van der Waals surface area contributed by atoms with Crippen LogP contribution < -0.4 is 0 Å². The lowest BCUT2D eigenvalue weighted by Gasteiger charge is -2.22. The van der Waals surface area contributed by atoms with E-state index in [0.717, 1.165) is 35.1 Å². The Kier molecular flexibility index (Phi) is 3.71. The molecule has 0 spiro atoms. The molecular formula is C23H20N2O2. The Morgan fingerprint density at radius 2 is 1.78 bits per heavy atom. The Balaban J connectivity index is 1.75. The maximum absolute atomic E-state index is 11.7. The van der Waals surface area contributed by atoms with Crippen molar-refractivity contribution in [2.45, 2.75) is 25.7 Å². The molecule has 4 aromatic rings. The largest absolute Gasteiger partial charge is 0.465 e. The third-order valence-electron chi connectivity index (χ3n) is 5.58. The number of carbonyl (C=O) groups is 1. The van der Waals surface area contributed by atoms with Gasteiger partial charge in [-0.1, -0.05) is 12.1 Å². The molecule has 0 saturated carbocycles. The predicted octanol–water partition coefficient (Wildman–Crippen LogP) is 5.05. The smallest absolute Gasteiger partial charge is 0.337 e. The molecule has 2 heterocycles. The number of nitrogens with one attached hydrogen (secondary N) is 1. The first-order valence-corrected chi connectivity index (χ1v) is 9.36. The van der Waals surface area contributed by atoms with Crippen LogP contribution in [-0.2, 0) is 17.6 Å². The van der Waals surface area contributed by atoms with Gasteiger partial charge in [0.1, 0.15) is 0 Å². The minimum atomic E-state index is -0.315. The zero-order chi connectivity index (χ0) is 18.4. The van der Waals surface area contributed by atoms with Gasteiger partial charge in [-0.25, -0.2) is 9.78 Å². The predicted molar refractivity (Wildman–Crippen MR) is 107 cm³/mol. The normalized spacial score (nSPS) is 13.7. The van der Waals surface area contributed by atoms with Crippen molar-refractivity contribution in [2.75, 3.05) is 7.11 Å². The number of carbonyl (C=O) groups excluding carboxylic acids is 1. The van der Waals surface area contributed by atoms with Crippen LogP contribution in [0.15, 0.2) is 48.7 Å². The Morgan fingerprint density at radius 1 is 1.00 bits per heavy atom. The number of pyridine rings is 1. The summed E-state index contributed by atoms with van der Waals surface area (Å²) in [5, 5.41) is 2.55. The average molecular weight is 356 g/mol. The second-order valence-electron chi connectivity index (χ2n) is 7.09. The van der Waals surface area contributed by atoms with Gasteiger partial charge in [0.05, 0.1) is 23.9 Å². The second-order valence-corrected chi connectivity index (χ2v) is 7.09. The molecule has 5 rings (SSSR count). The van der Waals surface area contributed by atoms with Crippen LogP contribution in [0.2, 0.25) is 0 Å². The average Bonchev–Trinajstić information content (AvgIpc) is 3.21. The van der Waals surface area contributed by atoms with Crippen LogP contribution in [-0.4, -0.2) is 23.0 Å². The van der Waals surface area contributed by atoms with E-state index in [9.17, 15) is 4.79 Å². The molecule has 2 aromatic carbocycles. The van der Waals surface area contributed by atoms with Crippen LogP contribution in [0.5, 0.6) is 0 Å². The number of benzene rings is 2. The molecule has 0 bridgehead atoms. The summed E-state index contributed by atoms with van der Waals surface area (Å²) < 4.78 is 4.81. The number of aryl methyl sites for hydroxylation is 1. The Labute approximate surface area is 157 Å². The quantitative estimate of drug-likeness (QED) is 0.511. The van der Waals surface area contributed by atoms with Crippen molar-refractivity contribution in [3.63, 3.8) is 0 Å². The number of aromatic amines is 1. The SMILES string of the molecule is COC(=O)c1ccc(-c2nc3ccc4[nH]ccc4c3c3c2CCCC3)cc1. The zero-order valence-electron chi connectivity index (χ0n) is 15.2. The lowest BCUT2D eigenvalue weighted by molar-refractivity contribution is 0.0601. The van der Waals surface area contributed by atoms with Gasteiger partial charge in [-0.15, -0.1) is 0 Å². The molecule has 0 amide bonds. The minimum absolute atomic E-state index is 0.315. The summed E-state index contributed by atoms with van der Waals surface area (Å²) in [5.41, 5.74) is 7.64. The van der Waals surface area contributed by atoms with Crippen molar-refractivity contribution in [3.8, 4) is 11.3 Å². The summed E-state index contributed by atoms with van der Waals surface area (Å²) in [4.78, 5) is 20.1.